The molecule has 2 nitrogen and oxygen atoms in total. The maximum atomic E-state index is 12.5. The lowest BCUT2D eigenvalue weighted by Crippen LogP contribution is -2.44. The first kappa shape index (κ1) is 11.3. The Labute approximate surface area is 96.8 Å². The first-order valence-corrected chi connectivity index (χ1v) is 5.91. The van der Waals surface area contributed by atoms with Crippen LogP contribution in [0.2, 0.25) is 0 Å². The average molecular weight is 217 g/mol. The minimum Gasteiger partial charge on any atom is -0.329 e. The maximum Gasteiger partial charge on any atom is 0.170 e. The normalized spacial score (nSPS) is 17.9. The first-order chi connectivity index (χ1) is 7.59. The highest BCUT2D eigenvalue weighted by molar-refractivity contribution is 6.02. The van der Waals surface area contributed by atoms with Crippen LogP contribution in [0.15, 0.2) is 18.2 Å². The molecule has 0 aliphatic heterocycles. The van der Waals surface area contributed by atoms with Crippen LogP contribution in [0.25, 0.3) is 0 Å². The van der Waals surface area contributed by atoms with E-state index in [1.807, 2.05) is 32.0 Å². The van der Waals surface area contributed by atoms with Crippen LogP contribution in [0.5, 0.6) is 0 Å². The highest BCUT2D eigenvalue weighted by Gasteiger charge is 2.43. The van der Waals surface area contributed by atoms with Crippen molar-refractivity contribution in [3.8, 4) is 0 Å². The van der Waals surface area contributed by atoms with E-state index in [-0.39, 0.29) is 11.2 Å². The summed E-state index contributed by atoms with van der Waals surface area (Å²) in [5.41, 5.74) is 8.59. The molecule has 0 amide bonds. The molecule has 2 heteroatoms. The van der Waals surface area contributed by atoms with E-state index in [1.54, 1.807) is 0 Å². The Hall–Kier alpha value is -1.15. The van der Waals surface area contributed by atoms with E-state index >= 15 is 0 Å². The Balaban J connectivity index is 2.37. The fraction of sp³-hybridized carbons (Fsp3) is 0.500. The van der Waals surface area contributed by atoms with Gasteiger partial charge in [0, 0.05) is 17.5 Å². The number of carbonyl (C=O) groups excluding carboxylic acids is 1. The van der Waals surface area contributed by atoms with Crippen LogP contribution >= 0.6 is 0 Å². The molecular weight excluding hydrogens is 198 g/mol. The number of rotatable bonds is 3. The summed E-state index contributed by atoms with van der Waals surface area (Å²) in [6.45, 7) is 4.50. The summed E-state index contributed by atoms with van der Waals surface area (Å²) in [6, 6.07) is 6.06. The Morgan fingerprint density at radius 1 is 1.38 bits per heavy atom. The van der Waals surface area contributed by atoms with Crippen LogP contribution in [-0.4, -0.2) is 12.3 Å². The van der Waals surface area contributed by atoms with Gasteiger partial charge >= 0.3 is 0 Å². The Kier molecular flexibility index (Phi) is 2.85. The van der Waals surface area contributed by atoms with Gasteiger partial charge in [0.15, 0.2) is 5.78 Å². The monoisotopic (exact) mass is 217 g/mol. The number of nitrogens with two attached hydrogens (primary N) is 1. The molecule has 1 aliphatic rings. The minimum atomic E-state index is -0.251. The van der Waals surface area contributed by atoms with Gasteiger partial charge < -0.3 is 5.73 Å². The fourth-order valence-electron chi connectivity index (χ4n) is 2.39. The molecule has 86 valence electrons. The smallest absolute Gasteiger partial charge is 0.170 e. The number of hydrogen-bond acceptors (Lipinski definition) is 2. The molecule has 2 N–H and O–H groups in total. The predicted octanol–water partition coefficient (Wildman–Crippen LogP) is 2.62. The molecular formula is C14H19NO. The van der Waals surface area contributed by atoms with Crippen molar-refractivity contribution in [3.05, 3.63) is 34.9 Å². The second-order valence-corrected chi connectivity index (χ2v) is 4.99. The van der Waals surface area contributed by atoms with Gasteiger partial charge in [-0.1, -0.05) is 24.1 Å². The molecule has 0 saturated heterocycles. The van der Waals surface area contributed by atoms with E-state index in [2.05, 4.69) is 0 Å². The van der Waals surface area contributed by atoms with E-state index in [0.717, 1.165) is 36.0 Å². The summed E-state index contributed by atoms with van der Waals surface area (Å²) >= 11 is 0. The zero-order valence-corrected chi connectivity index (χ0v) is 10.0. The molecule has 0 unspecified atom stereocenters. The van der Waals surface area contributed by atoms with E-state index in [1.165, 1.54) is 0 Å². The molecule has 0 atom stereocenters. The molecule has 1 aliphatic carbocycles. The van der Waals surface area contributed by atoms with Gasteiger partial charge in [0.05, 0.1) is 0 Å². The van der Waals surface area contributed by atoms with Crippen LogP contribution in [-0.2, 0) is 0 Å². The van der Waals surface area contributed by atoms with Crippen molar-refractivity contribution in [2.24, 2.45) is 11.1 Å². The lowest BCUT2D eigenvalue weighted by atomic mass is 9.64. The summed E-state index contributed by atoms with van der Waals surface area (Å²) < 4.78 is 0. The summed E-state index contributed by atoms with van der Waals surface area (Å²) in [7, 11) is 0. The summed E-state index contributed by atoms with van der Waals surface area (Å²) in [4.78, 5) is 12.5. The summed E-state index contributed by atoms with van der Waals surface area (Å²) in [5, 5.41) is 0. The molecule has 0 bridgehead atoms. The average Bonchev–Trinajstić information content (AvgIpc) is 2.21. The number of hydrogen-bond donors (Lipinski definition) is 1. The van der Waals surface area contributed by atoms with Crippen LogP contribution < -0.4 is 5.73 Å². The van der Waals surface area contributed by atoms with Crippen molar-refractivity contribution in [1.82, 2.24) is 0 Å². The van der Waals surface area contributed by atoms with E-state index in [0.29, 0.717) is 6.54 Å². The zero-order valence-electron chi connectivity index (χ0n) is 10.0. The van der Waals surface area contributed by atoms with Crippen LogP contribution in [0.4, 0.5) is 0 Å². The SMILES string of the molecule is Cc1ccc(C)c(C(=O)C2(CN)CCC2)c1. The molecule has 2 rings (SSSR count). The standard InChI is InChI=1S/C14H19NO/c1-10-4-5-11(2)12(8-10)13(16)14(9-15)6-3-7-14/h4-5,8H,3,6-7,9,15H2,1-2H3. The van der Waals surface area contributed by atoms with Gasteiger partial charge in [-0.25, -0.2) is 0 Å². The highest BCUT2D eigenvalue weighted by Crippen LogP contribution is 2.43. The lowest BCUT2D eigenvalue weighted by Gasteiger charge is -2.39. The topological polar surface area (TPSA) is 43.1 Å². The highest BCUT2D eigenvalue weighted by atomic mass is 16.1. The first-order valence-electron chi connectivity index (χ1n) is 5.91. The number of aryl methyl sites for hydroxylation is 2. The van der Waals surface area contributed by atoms with Crippen molar-refractivity contribution in [1.29, 1.82) is 0 Å². The number of carbonyl (C=O) groups is 1. The predicted molar refractivity (Wildman–Crippen MR) is 65.6 cm³/mol. The van der Waals surface area contributed by atoms with Gasteiger partial charge in [-0.15, -0.1) is 0 Å². The zero-order chi connectivity index (χ0) is 11.8. The molecule has 0 heterocycles. The second-order valence-electron chi connectivity index (χ2n) is 4.99. The van der Waals surface area contributed by atoms with Gasteiger partial charge in [-0.3, -0.25) is 4.79 Å². The number of benzene rings is 1. The number of ketones is 1. The Morgan fingerprint density at radius 3 is 2.56 bits per heavy atom. The molecule has 16 heavy (non-hydrogen) atoms. The lowest BCUT2D eigenvalue weighted by molar-refractivity contribution is 0.0635. The van der Waals surface area contributed by atoms with Gasteiger partial charge in [0.2, 0.25) is 0 Å². The van der Waals surface area contributed by atoms with Crippen molar-refractivity contribution in [2.45, 2.75) is 33.1 Å². The van der Waals surface area contributed by atoms with E-state index in [4.69, 9.17) is 5.73 Å². The minimum absolute atomic E-state index is 0.251. The largest absolute Gasteiger partial charge is 0.329 e. The molecule has 1 aromatic rings. The Bertz CT molecular complexity index is 413. The van der Waals surface area contributed by atoms with Crippen LogP contribution in [0.1, 0.15) is 40.7 Å². The van der Waals surface area contributed by atoms with Crippen molar-refractivity contribution < 1.29 is 4.79 Å². The van der Waals surface area contributed by atoms with Crippen LogP contribution in [0.3, 0.4) is 0 Å². The van der Waals surface area contributed by atoms with Crippen molar-refractivity contribution in [2.75, 3.05) is 6.54 Å². The molecule has 0 radical (unpaired) electrons. The number of Topliss-reactive ketones (excluding diaryl/α,β-unsaturated/α-hetero) is 1. The van der Waals surface area contributed by atoms with Crippen LogP contribution in [0, 0.1) is 19.3 Å². The molecule has 0 spiro atoms. The molecule has 0 aromatic heterocycles. The summed E-state index contributed by atoms with van der Waals surface area (Å²) in [6.07, 6.45) is 3.04. The van der Waals surface area contributed by atoms with Gasteiger partial charge in [0.25, 0.3) is 0 Å². The fourth-order valence-corrected chi connectivity index (χ4v) is 2.39. The van der Waals surface area contributed by atoms with Gasteiger partial charge in [-0.05, 0) is 38.3 Å². The third-order valence-electron chi connectivity index (χ3n) is 3.82. The summed E-state index contributed by atoms with van der Waals surface area (Å²) in [5.74, 6) is 0.252. The Morgan fingerprint density at radius 2 is 2.06 bits per heavy atom. The van der Waals surface area contributed by atoms with Crippen molar-refractivity contribution in [3.63, 3.8) is 0 Å². The third-order valence-corrected chi connectivity index (χ3v) is 3.82. The molecule has 1 saturated carbocycles. The van der Waals surface area contributed by atoms with E-state index in [9.17, 15) is 4.79 Å². The van der Waals surface area contributed by atoms with Gasteiger partial charge in [-0.2, -0.15) is 0 Å². The maximum absolute atomic E-state index is 12.5. The van der Waals surface area contributed by atoms with Gasteiger partial charge in [0.1, 0.15) is 0 Å². The second kappa shape index (κ2) is 4.02. The quantitative estimate of drug-likeness (QED) is 0.791. The third kappa shape index (κ3) is 1.67. The van der Waals surface area contributed by atoms with Crippen molar-refractivity contribution >= 4 is 5.78 Å². The van der Waals surface area contributed by atoms with E-state index < -0.39 is 0 Å². The molecule has 1 fully saturated rings. The molecule has 1 aromatic carbocycles.